The van der Waals surface area contributed by atoms with Crippen LogP contribution in [0.15, 0.2) is 110 Å². The van der Waals surface area contributed by atoms with E-state index in [2.05, 4.69) is 128 Å². The fourth-order valence-corrected chi connectivity index (χ4v) is 8.34. The summed E-state index contributed by atoms with van der Waals surface area (Å²) in [5, 5.41) is 4.00. The smallest absolute Gasteiger partial charge is 0.0834 e. The van der Waals surface area contributed by atoms with Crippen LogP contribution in [0.1, 0.15) is 16.7 Å². The van der Waals surface area contributed by atoms with Gasteiger partial charge in [-0.1, -0.05) is 80.0 Å². The molecule has 4 heterocycles. The van der Waals surface area contributed by atoms with Gasteiger partial charge in [-0.3, -0.25) is 9.97 Å². The fourth-order valence-electron chi connectivity index (χ4n) is 5.93. The van der Waals surface area contributed by atoms with E-state index in [0.29, 0.717) is 0 Å². The number of pyridine rings is 2. The molecule has 0 atom stereocenters. The number of fused-ring (bicyclic) bond motifs is 4. The van der Waals surface area contributed by atoms with E-state index in [0.717, 1.165) is 44.9 Å². The van der Waals surface area contributed by atoms with Crippen molar-refractivity contribution in [1.82, 2.24) is 19.5 Å². The van der Waals surface area contributed by atoms with Crippen LogP contribution in [0.3, 0.4) is 0 Å². The molecule has 0 aliphatic rings. The predicted octanol–water partition coefficient (Wildman–Crippen LogP) is 10.3. The number of thiophene rings is 1. The molecule has 48 heavy (non-hydrogen) atoms. The first-order chi connectivity index (χ1) is 22.7. The van der Waals surface area contributed by atoms with Crippen molar-refractivity contribution in [3.63, 3.8) is 0 Å². The molecule has 0 unspecified atom stereocenters. The number of hydrogen-bond acceptors (Lipinski definition) is 4. The molecular formula is C41H36IrN4SSi-2. The van der Waals surface area contributed by atoms with E-state index in [9.17, 15) is 0 Å². The summed E-state index contributed by atoms with van der Waals surface area (Å²) in [6, 6.07) is 38.2. The molecule has 0 N–H and O–H groups in total. The number of hydrogen-bond donors (Lipinski definition) is 0. The molecule has 0 saturated carbocycles. The summed E-state index contributed by atoms with van der Waals surface area (Å²) in [6.07, 6.45) is 5.80. The molecule has 4 aromatic carbocycles. The van der Waals surface area contributed by atoms with Gasteiger partial charge in [0.25, 0.3) is 0 Å². The Hall–Kier alpha value is -4.26. The van der Waals surface area contributed by atoms with E-state index in [1.807, 2.05) is 60.3 Å². The molecular weight excluding hydrogens is 801 g/mol. The van der Waals surface area contributed by atoms with Gasteiger partial charge in [0.2, 0.25) is 0 Å². The zero-order valence-corrected chi connectivity index (χ0v) is 32.1. The molecule has 0 fully saturated rings. The maximum Gasteiger partial charge on any atom is 0.0834 e. The van der Waals surface area contributed by atoms with Crippen LogP contribution >= 0.6 is 11.3 Å². The maximum absolute atomic E-state index is 5.12. The van der Waals surface area contributed by atoms with Crippen molar-refractivity contribution in [1.29, 1.82) is 0 Å². The predicted molar refractivity (Wildman–Crippen MR) is 202 cm³/mol. The number of para-hydroxylation sites is 1. The quantitative estimate of drug-likeness (QED) is 0.131. The van der Waals surface area contributed by atoms with Gasteiger partial charge in [0.05, 0.1) is 31.1 Å². The van der Waals surface area contributed by atoms with Crippen LogP contribution in [0.25, 0.3) is 59.5 Å². The molecule has 4 nitrogen and oxygen atoms in total. The van der Waals surface area contributed by atoms with E-state index in [-0.39, 0.29) is 20.1 Å². The minimum atomic E-state index is -1.23. The zero-order chi connectivity index (χ0) is 32.7. The summed E-state index contributed by atoms with van der Waals surface area (Å²) in [4.78, 5) is 14.1. The summed E-state index contributed by atoms with van der Waals surface area (Å²) in [5.41, 5.74) is 9.77. The van der Waals surface area contributed by atoms with Crippen LogP contribution in [0.2, 0.25) is 19.6 Å². The van der Waals surface area contributed by atoms with Gasteiger partial charge in [0.15, 0.2) is 0 Å². The van der Waals surface area contributed by atoms with Crippen molar-refractivity contribution in [2.75, 3.05) is 0 Å². The molecule has 0 amide bonds. The summed E-state index contributed by atoms with van der Waals surface area (Å²) < 4.78 is 4.75. The third-order valence-electron chi connectivity index (χ3n) is 8.50. The summed E-state index contributed by atoms with van der Waals surface area (Å²) >= 11 is 1.83. The van der Waals surface area contributed by atoms with Gasteiger partial charge in [-0.2, -0.15) is 11.3 Å². The summed E-state index contributed by atoms with van der Waals surface area (Å²) in [6.45, 7) is 13.4. The SMILES string of the molecule is C[Si](C)(C)c1ccc(-c2[c-]cccc2)nc1.Cc1ccc2c(c1)sc1c(-c3nc4c(C)cncc4n3-c3ccccc3)[c-]cc(C)c12.[Ir]. The van der Waals surface area contributed by atoms with Crippen molar-refractivity contribution in [2.24, 2.45) is 0 Å². The van der Waals surface area contributed by atoms with Crippen molar-refractivity contribution in [3.05, 3.63) is 138 Å². The molecule has 0 aliphatic carbocycles. The van der Waals surface area contributed by atoms with Crippen LogP contribution in [-0.4, -0.2) is 27.6 Å². The van der Waals surface area contributed by atoms with Gasteiger partial charge in [0.1, 0.15) is 0 Å². The summed E-state index contributed by atoms with van der Waals surface area (Å²) in [7, 11) is -1.23. The second kappa shape index (κ2) is 13.7. The monoisotopic (exact) mass is 837 g/mol. The van der Waals surface area contributed by atoms with Gasteiger partial charge in [0, 0.05) is 42.9 Å². The molecule has 4 aromatic heterocycles. The molecule has 8 rings (SSSR count). The van der Waals surface area contributed by atoms with E-state index in [1.165, 1.54) is 36.5 Å². The molecule has 7 heteroatoms. The van der Waals surface area contributed by atoms with Crippen LogP contribution in [-0.2, 0) is 20.1 Å². The van der Waals surface area contributed by atoms with Gasteiger partial charge in [-0.15, -0.1) is 53.6 Å². The number of imidazole rings is 1. The Kier molecular flexibility index (Phi) is 9.59. The second-order valence-corrected chi connectivity index (χ2v) is 19.2. The average molecular weight is 837 g/mol. The Bertz CT molecular complexity index is 2360. The minimum absolute atomic E-state index is 0. The van der Waals surface area contributed by atoms with Crippen LogP contribution < -0.4 is 5.19 Å². The van der Waals surface area contributed by atoms with Crippen molar-refractivity contribution in [3.8, 4) is 28.3 Å². The van der Waals surface area contributed by atoms with Crippen LogP contribution in [0, 0.1) is 32.9 Å². The van der Waals surface area contributed by atoms with E-state index in [4.69, 9.17) is 4.98 Å². The number of benzene rings is 4. The first-order valence-corrected chi connectivity index (χ1v) is 20.2. The first kappa shape index (κ1) is 33.6. The van der Waals surface area contributed by atoms with E-state index >= 15 is 0 Å². The first-order valence-electron chi connectivity index (χ1n) is 15.9. The van der Waals surface area contributed by atoms with E-state index in [1.54, 1.807) is 0 Å². The largest absolute Gasteiger partial charge is 0.332 e. The van der Waals surface area contributed by atoms with Crippen molar-refractivity contribution in [2.45, 2.75) is 40.4 Å². The Labute approximate surface area is 300 Å². The summed E-state index contributed by atoms with van der Waals surface area (Å²) in [5.74, 6) is 0.908. The third kappa shape index (κ3) is 6.44. The fraction of sp³-hybridized carbons (Fsp3) is 0.146. The van der Waals surface area contributed by atoms with Crippen molar-refractivity contribution >= 4 is 55.8 Å². The van der Waals surface area contributed by atoms with Crippen LogP contribution in [0.4, 0.5) is 0 Å². The average Bonchev–Trinajstić information content (AvgIpc) is 3.66. The molecule has 0 saturated heterocycles. The van der Waals surface area contributed by atoms with Gasteiger partial charge in [-0.05, 0) is 64.1 Å². The number of aryl methyl sites for hydroxylation is 3. The molecule has 0 bridgehead atoms. The van der Waals surface area contributed by atoms with E-state index < -0.39 is 8.07 Å². The Morgan fingerprint density at radius 1 is 0.792 bits per heavy atom. The number of nitrogens with zero attached hydrogens (tertiary/aromatic N) is 4. The molecule has 241 valence electrons. The molecule has 0 aliphatic heterocycles. The van der Waals surface area contributed by atoms with Crippen LogP contribution in [0.5, 0.6) is 0 Å². The number of aromatic nitrogens is 4. The number of rotatable bonds is 4. The third-order valence-corrected chi connectivity index (χ3v) is 11.7. The normalized spacial score (nSPS) is 11.4. The zero-order valence-electron chi connectivity index (χ0n) is 27.9. The standard InChI is InChI=1S/C27H20N3S.C14H16NSi.Ir/c1-16-9-11-20-23(13-16)31-26-21(12-10-17(2)24(20)26)27-29-25-18(3)14-28-15-22(25)30(27)19-7-5-4-6-8-19;1-16(2,3)13-9-10-14(15-11-13)12-7-5-4-6-8-12;/h4-11,13-15H,1-3H3;4-7,9-11H,1-3H3;/q2*-1;. The second-order valence-electron chi connectivity index (χ2n) is 13.0. The topological polar surface area (TPSA) is 43.6 Å². The maximum atomic E-state index is 5.12. The Morgan fingerprint density at radius 3 is 2.29 bits per heavy atom. The molecule has 8 aromatic rings. The minimum Gasteiger partial charge on any atom is -0.332 e. The molecule has 0 spiro atoms. The Morgan fingerprint density at radius 2 is 1.58 bits per heavy atom. The van der Waals surface area contributed by atoms with Gasteiger partial charge in [-0.25, -0.2) is 0 Å². The van der Waals surface area contributed by atoms with Crippen molar-refractivity contribution < 1.29 is 20.1 Å². The molecule has 1 radical (unpaired) electrons. The van der Waals surface area contributed by atoms with Gasteiger partial charge < -0.3 is 9.55 Å². The Balaban J connectivity index is 0.000000201. The van der Waals surface area contributed by atoms with Gasteiger partial charge >= 0.3 is 0 Å².